The van der Waals surface area contributed by atoms with Gasteiger partial charge in [-0.25, -0.2) is 13.1 Å². The largest absolute Gasteiger partial charge is 0.325 e. The summed E-state index contributed by atoms with van der Waals surface area (Å²) in [6.45, 7) is 3.74. The molecule has 4 aromatic rings. The number of benzene rings is 3. The number of hydrogen-bond donors (Lipinski definition) is 1. The molecule has 174 valence electrons. The fourth-order valence-electron chi connectivity index (χ4n) is 3.37. The fraction of sp³-hybridized carbons (Fsp3) is 0.167. The number of anilines is 2. The third-order valence-electron chi connectivity index (χ3n) is 5.23. The Kier molecular flexibility index (Phi) is 6.69. The van der Waals surface area contributed by atoms with Crippen LogP contribution in [0.5, 0.6) is 0 Å². The van der Waals surface area contributed by atoms with Crippen LogP contribution in [0.2, 0.25) is 0 Å². The number of tetrazole rings is 1. The molecule has 0 unspecified atom stereocenters. The van der Waals surface area contributed by atoms with Crippen LogP contribution in [0.15, 0.2) is 90.1 Å². The maximum atomic E-state index is 13.4. The highest BCUT2D eigenvalue weighted by molar-refractivity contribution is 7.92. The second-order valence-corrected chi connectivity index (χ2v) is 9.78. The molecular formula is C24H24N6O3S. The maximum absolute atomic E-state index is 13.4. The van der Waals surface area contributed by atoms with Crippen molar-refractivity contribution in [3.8, 4) is 5.69 Å². The SMILES string of the molecule is CC(C)c1ccc(N(CC(=O)Nc2ccc(-n3cnnn3)cc2)S(=O)(=O)c2ccccc2)cc1. The monoisotopic (exact) mass is 476 g/mol. The van der Waals surface area contributed by atoms with Gasteiger partial charge in [-0.3, -0.25) is 9.10 Å². The summed E-state index contributed by atoms with van der Waals surface area (Å²) in [6.07, 6.45) is 1.46. The number of rotatable bonds is 8. The molecule has 10 heteroatoms. The molecule has 0 spiro atoms. The predicted octanol–water partition coefficient (Wildman–Crippen LogP) is 3.62. The van der Waals surface area contributed by atoms with Gasteiger partial charge in [0.2, 0.25) is 5.91 Å². The zero-order chi connectivity index (χ0) is 24.1. The van der Waals surface area contributed by atoms with E-state index in [2.05, 4.69) is 34.7 Å². The molecule has 1 heterocycles. The number of carbonyl (C=O) groups is 1. The minimum absolute atomic E-state index is 0.113. The molecule has 0 aliphatic rings. The Morgan fingerprint density at radius 1 is 0.971 bits per heavy atom. The lowest BCUT2D eigenvalue weighted by Crippen LogP contribution is -2.38. The number of carbonyl (C=O) groups excluding carboxylic acids is 1. The van der Waals surface area contributed by atoms with Gasteiger partial charge < -0.3 is 5.32 Å². The van der Waals surface area contributed by atoms with E-state index < -0.39 is 15.9 Å². The molecule has 4 rings (SSSR count). The summed E-state index contributed by atoms with van der Waals surface area (Å²) >= 11 is 0. The van der Waals surface area contributed by atoms with E-state index in [1.165, 1.54) is 23.1 Å². The van der Waals surface area contributed by atoms with Crippen LogP contribution in [0, 0.1) is 0 Å². The molecule has 0 atom stereocenters. The second kappa shape index (κ2) is 9.84. The van der Waals surface area contributed by atoms with Crippen molar-refractivity contribution in [1.82, 2.24) is 20.2 Å². The lowest BCUT2D eigenvalue weighted by atomic mass is 10.0. The van der Waals surface area contributed by atoms with Crippen molar-refractivity contribution < 1.29 is 13.2 Å². The Balaban J connectivity index is 1.58. The number of amides is 1. The van der Waals surface area contributed by atoms with Gasteiger partial charge >= 0.3 is 0 Å². The van der Waals surface area contributed by atoms with Crippen LogP contribution in [0.25, 0.3) is 5.69 Å². The minimum atomic E-state index is -3.96. The van der Waals surface area contributed by atoms with Crippen LogP contribution in [0.1, 0.15) is 25.3 Å². The molecule has 9 nitrogen and oxygen atoms in total. The lowest BCUT2D eigenvalue weighted by Gasteiger charge is -2.24. The fourth-order valence-corrected chi connectivity index (χ4v) is 4.81. The molecule has 3 aromatic carbocycles. The van der Waals surface area contributed by atoms with Crippen LogP contribution in [-0.2, 0) is 14.8 Å². The average Bonchev–Trinajstić information content (AvgIpc) is 3.39. The summed E-state index contributed by atoms with van der Waals surface area (Å²) in [5.41, 5.74) is 2.74. The topological polar surface area (TPSA) is 110 Å². The van der Waals surface area contributed by atoms with E-state index >= 15 is 0 Å². The molecule has 1 aromatic heterocycles. The molecular weight excluding hydrogens is 452 g/mol. The third kappa shape index (κ3) is 5.12. The molecule has 0 aliphatic heterocycles. The molecule has 1 amide bonds. The third-order valence-corrected chi connectivity index (χ3v) is 7.02. The Morgan fingerprint density at radius 2 is 1.65 bits per heavy atom. The highest BCUT2D eigenvalue weighted by atomic mass is 32.2. The van der Waals surface area contributed by atoms with Crippen molar-refractivity contribution in [2.24, 2.45) is 0 Å². The van der Waals surface area contributed by atoms with Gasteiger partial charge in [0.1, 0.15) is 12.9 Å². The van der Waals surface area contributed by atoms with Gasteiger partial charge in [0, 0.05) is 5.69 Å². The summed E-state index contributed by atoms with van der Waals surface area (Å²) < 4.78 is 29.5. The molecule has 0 saturated heterocycles. The smallest absolute Gasteiger partial charge is 0.264 e. The highest BCUT2D eigenvalue weighted by Gasteiger charge is 2.27. The van der Waals surface area contributed by atoms with E-state index in [1.807, 2.05) is 12.1 Å². The second-order valence-electron chi connectivity index (χ2n) is 7.92. The van der Waals surface area contributed by atoms with Gasteiger partial charge in [0.05, 0.1) is 16.3 Å². The Labute approximate surface area is 198 Å². The zero-order valence-corrected chi connectivity index (χ0v) is 19.6. The van der Waals surface area contributed by atoms with Crippen LogP contribution in [0.3, 0.4) is 0 Å². The van der Waals surface area contributed by atoms with Crippen LogP contribution in [-0.4, -0.2) is 41.1 Å². The van der Waals surface area contributed by atoms with Crippen LogP contribution >= 0.6 is 0 Å². The first-order valence-corrected chi connectivity index (χ1v) is 12.1. The zero-order valence-electron chi connectivity index (χ0n) is 18.7. The first-order chi connectivity index (χ1) is 16.3. The van der Waals surface area contributed by atoms with Crippen molar-refractivity contribution in [3.63, 3.8) is 0 Å². The molecule has 0 fully saturated rings. The van der Waals surface area contributed by atoms with Crippen molar-refractivity contribution in [2.75, 3.05) is 16.2 Å². The van der Waals surface area contributed by atoms with E-state index in [0.717, 1.165) is 15.6 Å². The Morgan fingerprint density at radius 3 is 2.24 bits per heavy atom. The Bertz CT molecular complexity index is 1340. The van der Waals surface area contributed by atoms with E-state index in [4.69, 9.17) is 0 Å². The van der Waals surface area contributed by atoms with E-state index in [9.17, 15) is 13.2 Å². The standard InChI is InChI=1S/C24H24N6O3S/c1-18(2)19-8-12-22(13-9-19)30(34(32,33)23-6-4-3-5-7-23)16-24(31)26-20-10-14-21(15-11-20)29-17-25-27-28-29/h3-15,17-18H,16H2,1-2H3,(H,26,31). The van der Waals surface area contributed by atoms with Crippen molar-refractivity contribution in [2.45, 2.75) is 24.7 Å². The molecule has 1 N–H and O–H groups in total. The van der Waals surface area contributed by atoms with Crippen LogP contribution in [0.4, 0.5) is 11.4 Å². The lowest BCUT2D eigenvalue weighted by molar-refractivity contribution is -0.114. The number of hydrogen-bond acceptors (Lipinski definition) is 6. The van der Waals surface area contributed by atoms with Gasteiger partial charge in [-0.05, 0) is 70.4 Å². The molecule has 0 radical (unpaired) electrons. The summed E-state index contributed by atoms with van der Waals surface area (Å²) in [6, 6.07) is 22.2. The van der Waals surface area contributed by atoms with Gasteiger partial charge in [0.15, 0.2) is 0 Å². The molecule has 0 saturated carbocycles. The number of sulfonamides is 1. The first-order valence-electron chi connectivity index (χ1n) is 10.7. The summed E-state index contributed by atoms with van der Waals surface area (Å²) in [4.78, 5) is 13.0. The van der Waals surface area contributed by atoms with Gasteiger partial charge in [0.25, 0.3) is 10.0 Å². The summed E-state index contributed by atoms with van der Waals surface area (Å²) in [5.74, 6) is -0.171. The number of nitrogens with zero attached hydrogens (tertiary/aromatic N) is 5. The molecule has 0 bridgehead atoms. The first kappa shape index (κ1) is 23.1. The summed E-state index contributed by atoms with van der Waals surface area (Å²) in [5, 5.41) is 13.8. The minimum Gasteiger partial charge on any atom is -0.325 e. The maximum Gasteiger partial charge on any atom is 0.264 e. The highest BCUT2D eigenvalue weighted by Crippen LogP contribution is 2.26. The van der Waals surface area contributed by atoms with E-state index in [1.54, 1.807) is 54.6 Å². The Hall–Kier alpha value is -4.05. The van der Waals surface area contributed by atoms with E-state index in [0.29, 0.717) is 17.3 Å². The molecule has 34 heavy (non-hydrogen) atoms. The van der Waals surface area contributed by atoms with Crippen molar-refractivity contribution >= 4 is 27.3 Å². The average molecular weight is 477 g/mol. The number of nitrogens with one attached hydrogen (secondary N) is 1. The normalized spacial score (nSPS) is 11.4. The van der Waals surface area contributed by atoms with Gasteiger partial charge in [-0.2, -0.15) is 0 Å². The number of aromatic nitrogens is 4. The van der Waals surface area contributed by atoms with E-state index in [-0.39, 0.29) is 11.4 Å². The van der Waals surface area contributed by atoms with Crippen molar-refractivity contribution in [3.05, 3.63) is 90.8 Å². The predicted molar refractivity (Wildman–Crippen MR) is 129 cm³/mol. The summed E-state index contributed by atoms with van der Waals surface area (Å²) in [7, 11) is -3.96. The van der Waals surface area contributed by atoms with Crippen LogP contribution < -0.4 is 9.62 Å². The van der Waals surface area contributed by atoms with Gasteiger partial charge in [-0.15, -0.1) is 5.10 Å². The quantitative estimate of drug-likeness (QED) is 0.416. The van der Waals surface area contributed by atoms with Gasteiger partial charge in [-0.1, -0.05) is 44.2 Å². The van der Waals surface area contributed by atoms with Crippen molar-refractivity contribution in [1.29, 1.82) is 0 Å². The molecule has 0 aliphatic carbocycles.